The number of rotatable bonds is 4. The highest BCUT2D eigenvalue weighted by Crippen LogP contribution is 2.15. The van der Waals surface area contributed by atoms with Crippen molar-refractivity contribution in [1.82, 2.24) is 0 Å². The van der Waals surface area contributed by atoms with Crippen molar-refractivity contribution in [1.29, 1.82) is 0 Å². The van der Waals surface area contributed by atoms with Crippen molar-refractivity contribution < 1.29 is 5.11 Å². The highest BCUT2D eigenvalue weighted by molar-refractivity contribution is 8.01. The Kier molecular flexibility index (Phi) is 4.98. The van der Waals surface area contributed by atoms with Gasteiger partial charge in [-0.1, -0.05) is 29.8 Å². The molecule has 0 aromatic heterocycles. The topological polar surface area (TPSA) is 20.2 Å². The van der Waals surface area contributed by atoms with Crippen LogP contribution in [0.1, 0.15) is 5.56 Å². The second-order valence-corrected chi connectivity index (χ2v) is 3.82. The summed E-state index contributed by atoms with van der Waals surface area (Å²) < 4.78 is 0. The molecule has 0 atom stereocenters. The van der Waals surface area contributed by atoms with E-state index in [4.69, 9.17) is 16.7 Å². The van der Waals surface area contributed by atoms with E-state index >= 15 is 0 Å². The molecular weight excluding hydrogens is 204 g/mol. The van der Waals surface area contributed by atoms with Gasteiger partial charge in [0.1, 0.15) is 0 Å². The van der Waals surface area contributed by atoms with Gasteiger partial charge in [0.15, 0.2) is 0 Å². The smallest absolute Gasteiger partial charge is 0.0620 e. The maximum Gasteiger partial charge on any atom is 0.0620 e. The number of thioether (sulfide) groups is 1. The maximum absolute atomic E-state index is 8.48. The molecule has 13 heavy (non-hydrogen) atoms. The first-order chi connectivity index (χ1) is 6.33. The number of aliphatic hydroxyl groups is 1. The summed E-state index contributed by atoms with van der Waals surface area (Å²) in [7, 11) is 0. The summed E-state index contributed by atoms with van der Waals surface area (Å²) in [6, 6.07) is 7.77. The van der Waals surface area contributed by atoms with Crippen molar-refractivity contribution in [3.63, 3.8) is 0 Å². The summed E-state index contributed by atoms with van der Waals surface area (Å²) in [5, 5.41) is 11.1. The van der Waals surface area contributed by atoms with Gasteiger partial charge in [-0.25, -0.2) is 0 Å². The molecule has 1 N–H and O–H groups in total. The van der Waals surface area contributed by atoms with Gasteiger partial charge in [0.05, 0.1) is 6.61 Å². The van der Waals surface area contributed by atoms with Crippen LogP contribution >= 0.6 is 23.4 Å². The number of hydrogen-bond donors (Lipinski definition) is 1. The predicted molar refractivity (Wildman–Crippen MR) is 59.0 cm³/mol. The molecule has 1 aromatic carbocycles. The van der Waals surface area contributed by atoms with Crippen LogP contribution in [0.2, 0.25) is 5.02 Å². The zero-order valence-corrected chi connectivity index (χ0v) is 8.68. The van der Waals surface area contributed by atoms with E-state index < -0.39 is 0 Å². The zero-order valence-electron chi connectivity index (χ0n) is 7.11. The lowest BCUT2D eigenvalue weighted by molar-refractivity contribution is 0.343. The maximum atomic E-state index is 8.48. The molecular formula is C10H11ClOS. The Morgan fingerprint density at radius 3 is 2.62 bits per heavy atom. The first-order valence-corrected chi connectivity index (χ1v) is 5.37. The molecule has 1 nitrogen and oxygen atoms in total. The van der Waals surface area contributed by atoms with E-state index in [2.05, 4.69) is 0 Å². The van der Waals surface area contributed by atoms with Crippen molar-refractivity contribution >= 4 is 23.4 Å². The van der Waals surface area contributed by atoms with Gasteiger partial charge in [-0.2, -0.15) is 0 Å². The van der Waals surface area contributed by atoms with Crippen LogP contribution in [0.5, 0.6) is 0 Å². The number of hydrogen-bond acceptors (Lipinski definition) is 2. The Hall–Kier alpha value is -0.440. The second-order valence-electron chi connectivity index (χ2n) is 2.49. The minimum atomic E-state index is 0.105. The lowest BCUT2D eigenvalue weighted by Crippen LogP contribution is -1.77. The van der Waals surface area contributed by atoms with E-state index in [-0.39, 0.29) is 6.61 Å². The normalized spacial score (nSPS) is 10.9. The molecule has 70 valence electrons. The summed E-state index contributed by atoms with van der Waals surface area (Å²) in [4.78, 5) is 0. The van der Waals surface area contributed by atoms with Crippen LogP contribution in [0.15, 0.2) is 35.7 Å². The van der Waals surface area contributed by atoms with E-state index in [1.807, 2.05) is 29.7 Å². The molecule has 0 bridgehead atoms. The average molecular weight is 215 g/mol. The quantitative estimate of drug-likeness (QED) is 0.832. The van der Waals surface area contributed by atoms with Gasteiger partial charge in [0.25, 0.3) is 0 Å². The molecule has 0 aliphatic carbocycles. The lowest BCUT2D eigenvalue weighted by atomic mass is 10.2. The molecule has 0 saturated carbocycles. The molecule has 0 aliphatic heterocycles. The average Bonchev–Trinajstić information content (AvgIpc) is 2.15. The molecule has 0 unspecified atom stereocenters. The van der Waals surface area contributed by atoms with Gasteiger partial charge in [-0.05, 0) is 23.1 Å². The molecule has 0 saturated heterocycles. The van der Waals surface area contributed by atoms with Crippen molar-refractivity contribution in [2.45, 2.75) is 5.75 Å². The highest BCUT2D eigenvalue weighted by Gasteiger charge is 1.90. The second kappa shape index (κ2) is 6.08. The molecule has 1 aromatic rings. The number of halogens is 1. The van der Waals surface area contributed by atoms with Gasteiger partial charge in [0.2, 0.25) is 0 Å². The van der Waals surface area contributed by atoms with E-state index in [9.17, 15) is 0 Å². The Morgan fingerprint density at radius 1 is 1.31 bits per heavy atom. The minimum absolute atomic E-state index is 0.105. The van der Waals surface area contributed by atoms with E-state index in [1.165, 1.54) is 5.56 Å². The van der Waals surface area contributed by atoms with Crippen molar-refractivity contribution in [3.8, 4) is 0 Å². The van der Waals surface area contributed by atoms with Gasteiger partial charge in [-0.15, -0.1) is 11.8 Å². The third-order valence-electron chi connectivity index (χ3n) is 1.46. The standard InChI is InChI=1S/C10H11ClOS/c11-10-4-2-9(3-5-10)8-13-7-1-6-12/h1-5,7,12H,6,8H2/b7-1+. The predicted octanol–water partition coefficient (Wildman–Crippen LogP) is 3.08. The van der Waals surface area contributed by atoms with E-state index in [0.717, 1.165) is 10.8 Å². The molecule has 0 aliphatic rings. The van der Waals surface area contributed by atoms with Crippen LogP contribution in [-0.4, -0.2) is 11.7 Å². The van der Waals surface area contributed by atoms with Crippen LogP contribution < -0.4 is 0 Å². The summed E-state index contributed by atoms with van der Waals surface area (Å²) in [6.07, 6.45) is 1.72. The van der Waals surface area contributed by atoms with Crippen LogP contribution in [0.3, 0.4) is 0 Å². The first-order valence-electron chi connectivity index (χ1n) is 3.95. The van der Waals surface area contributed by atoms with E-state index in [1.54, 1.807) is 17.8 Å². The monoisotopic (exact) mass is 214 g/mol. The summed E-state index contributed by atoms with van der Waals surface area (Å²) in [5.41, 5.74) is 1.23. The fraction of sp³-hybridized carbons (Fsp3) is 0.200. The molecule has 0 radical (unpaired) electrons. The van der Waals surface area contributed by atoms with E-state index in [0.29, 0.717) is 0 Å². The van der Waals surface area contributed by atoms with Crippen LogP contribution in [0, 0.1) is 0 Å². The molecule has 3 heteroatoms. The van der Waals surface area contributed by atoms with Gasteiger partial charge < -0.3 is 5.11 Å². The van der Waals surface area contributed by atoms with Gasteiger partial charge in [0, 0.05) is 10.8 Å². The largest absolute Gasteiger partial charge is 0.392 e. The first kappa shape index (κ1) is 10.6. The Labute approximate surface area is 87.4 Å². The minimum Gasteiger partial charge on any atom is -0.392 e. The van der Waals surface area contributed by atoms with Gasteiger partial charge >= 0.3 is 0 Å². The molecule has 0 heterocycles. The fourth-order valence-corrected chi connectivity index (χ4v) is 1.67. The molecule has 0 fully saturated rings. The van der Waals surface area contributed by atoms with Crippen molar-refractivity contribution in [2.75, 3.05) is 6.61 Å². The third-order valence-corrected chi connectivity index (χ3v) is 2.60. The Bertz CT molecular complexity index is 269. The van der Waals surface area contributed by atoms with Crippen molar-refractivity contribution in [2.24, 2.45) is 0 Å². The lowest BCUT2D eigenvalue weighted by Gasteiger charge is -1.97. The number of benzene rings is 1. The van der Waals surface area contributed by atoms with Crippen LogP contribution in [0.4, 0.5) is 0 Å². The van der Waals surface area contributed by atoms with Gasteiger partial charge in [-0.3, -0.25) is 0 Å². The summed E-state index contributed by atoms with van der Waals surface area (Å²) in [5.74, 6) is 0.910. The SMILES string of the molecule is OC/C=C/SCc1ccc(Cl)cc1. The van der Waals surface area contributed by atoms with Crippen LogP contribution in [0.25, 0.3) is 0 Å². The fourth-order valence-electron chi connectivity index (χ4n) is 0.836. The third kappa shape index (κ3) is 4.36. The Morgan fingerprint density at radius 2 is 2.00 bits per heavy atom. The molecule has 0 amide bonds. The zero-order chi connectivity index (χ0) is 9.52. The summed E-state index contributed by atoms with van der Waals surface area (Å²) in [6.45, 7) is 0.105. The molecule has 0 spiro atoms. The number of aliphatic hydroxyl groups excluding tert-OH is 1. The highest BCUT2D eigenvalue weighted by atomic mass is 35.5. The van der Waals surface area contributed by atoms with Crippen molar-refractivity contribution in [3.05, 3.63) is 46.3 Å². The summed E-state index contributed by atoms with van der Waals surface area (Å²) >= 11 is 7.39. The van der Waals surface area contributed by atoms with Crippen LogP contribution in [-0.2, 0) is 5.75 Å². The Balaban J connectivity index is 2.37. The molecule has 1 rings (SSSR count).